The molecule has 0 unspecified atom stereocenters. The lowest BCUT2D eigenvalue weighted by atomic mass is 9.93. The first kappa shape index (κ1) is 8.02. The average molecular weight is 142 g/mol. The molecule has 0 aromatic rings. The van der Waals surface area contributed by atoms with Crippen molar-refractivity contribution in [1.82, 2.24) is 5.01 Å². The van der Waals surface area contributed by atoms with Gasteiger partial charge < -0.3 is 0 Å². The zero-order valence-corrected chi connectivity index (χ0v) is 6.84. The Hall–Kier alpha value is -0.0800. The molecule has 2 nitrogen and oxygen atoms in total. The van der Waals surface area contributed by atoms with Crippen LogP contribution in [-0.2, 0) is 0 Å². The number of hydrogen-bond acceptors (Lipinski definition) is 2. The Kier molecular flexibility index (Phi) is 3.16. The molecule has 1 aliphatic heterocycles. The quantitative estimate of drug-likeness (QED) is 0.590. The zero-order valence-electron chi connectivity index (χ0n) is 6.84. The van der Waals surface area contributed by atoms with Crippen molar-refractivity contribution in [2.75, 3.05) is 13.1 Å². The fraction of sp³-hybridized carbons (Fsp3) is 1.00. The van der Waals surface area contributed by atoms with Crippen molar-refractivity contribution in [3.8, 4) is 0 Å². The molecule has 1 fully saturated rings. The number of hydrazine groups is 1. The molecule has 0 atom stereocenters. The molecule has 0 amide bonds. The minimum atomic E-state index is 0.963. The van der Waals surface area contributed by atoms with Gasteiger partial charge in [-0.15, -0.1) is 0 Å². The molecule has 60 valence electrons. The molecule has 2 N–H and O–H groups in total. The predicted octanol–water partition coefficient (Wildman–Crippen LogP) is 1.37. The van der Waals surface area contributed by atoms with Gasteiger partial charge in [0, 0.05) is 13.1 Å². The average Bonchev–Trinajstić information content (AvgIpc) is 1.95. The Morgan fingerprint density at radius 3 is 2.50 bits per heavy atom. The molecule has 0 bridgehead atoms. The third-order valence-corrected chi connectivity index (χ3v) is 2.35. The molecular formula is C8H18N2. The van der Waals surface area contributed by atoms with Gasteiger partial charge in [0.05, 0.1) is 0 Å². The van der Waals surface area contributed by atoms with Crippen molar-refractivity contribution in [3.63, 3.8) is 0 Å². The van der Waals surface area contributed by atoms with Gasteiger partial charge in [0.2, 0.25) is 0 Å². The van der Waals surface area contributed by atoms with Gasteiger partial charge in [-0.05, 0) is 18.8 Å². The third kappa shape index (κ3) is 2.27. The maximum absolute atomic E-state index is 5.63. The summed E-state index contributed by atoms with van der Waals surface area (Å²) in [4.78, 5) is 0. The Morgan fingerprint density at radius 2 is 2.00 bits per heavy atom. The van der Waals surface area contributed by atoms with E-state index in [-0.39, 0.29) is 0 Å². The van der Waals surface area contributed by atoms with E-state index in [0.29, 0.717) is 0 Å². The summed E-state index contributed by atoms with van der Waals surface area (Å²) < 4.78 is 0. The van der Waals surface area contributed by atoms with Gasteiger partial charge in [0.15, 0.2) is 0 Å². The van der Waals surface area contributed by atoms with Crippen molar-refractivity contribution >= 4 is 0 Å². The van der Waals surface area contributed by atoms with Gasteiger partial charge in [-0.2, -0.15) is 0 Å². The number of rotatable bonds is 2. The zero-order chi connectivity index (χ0) is 7.40. The van der Waals surface area contributed by atoms with Crippen LogP contribution < -0.4 is 5.84 Å². The molecule has 2 heteroatoms. The number of nitrogens with two attached hydrogens (primary N) is 1. The van der Waals surface area contributed by atoms with Gasteiger partial charge in [0.25, 0.3) is 0 Å². The minimum absolute atomic E-state index is 0.963. The van der Waals surface area contributed by atoms with E-state index in [9.17, 15) is 0 Å². The van der Waals surface area contributed by atoms with Crippen LogP contribution in [0.3, 0.4) is 0 Å². The lowest BCUT2D eigenvalue weighted by Crippen LogP contribution is -2.38. The molecule has 0 aliphatic carbocycles. The molecule has 0 spiro atoms. The molecule has 0 saturated carbocycles. The van der Waals surface area contributed by atoms with Crippen molar-refractivity contribution in [1.29, 1.82) is 0 Å². The molecule has 0 aromatic heterocycles. The molecule has 10 heavy (non-hydrogen) atoms. The van der Waals surface area contributed by atoms with Crippen LogP contribution in [0.15, 0.2) is 0 Å². The van der Waals surface area contributed by atoms with Gasteiger partial charge >= 0.3 is 0 Å². The van der Waals surface area contributed by atoms with E-state index in [2.05, 4.69) is 6.92 Å². The number of hydrogen-bond donors (Lipinski definition) is 1. The molecule has 1 saturated heterocycles. The van der Waals surface area contributed by atoms with E-state index in [1.165, 1.54) is 25.7 Å². The van der Waals surface area contributed by atoms with E-state index in [0.717, 1.165) is 19.0 Å². The van der Waals surface area contributed by atoms with Crippen molar-refractivity contribution in [2.24, 2.45) is 11.8 Å². The smallest absolute Gasteiger partial charge is 0.0131 e. The first-order chi connectivity index (χ1) is 4.83. The summed E-state index contributed by atoms with van der Waals surface area (Å²) in [6.07, 6.45) is 5.34. The highest BCUT2D eigenvalue weighted by atomic mass is 15.4. The summed E-state index contributed by atoms with van der Waals surface area (Å²) in [5, 5.41) is 1.94. The lowest BCUT2D eigenvalue weighted by molar-refractivity contribution is 0.182. The Labute approximate surface area is 63.4 Å². The van der Waals surface area contributed by atoms with E-state index in [1.54, 1.807) is 0 Å². The van der Waals surface area contributed by atoms with Crippen molar-refractivity contribution in [2.45, 2.75) is 32.6 Å². The van der Waals surface area contributed by atoms with Crippen LogP contribution in [0.4, 0.5) is 0 Å². The van der Waals surface area contributed by atoms with Crippen LogP contribution in [0.2, 0.25) is 0 Å². The van der Waals surface area contributed by atoms with Crippen LogP contribution in [-0.4, -0.2) is 18.1 Å². The van der Waals surface area contributed by atoms with Gasteiger partial charge in [-0.3, -0.25) is 5.84 Å². The summed E-state index contributed by atoms with van der Waals surface area (Å²) >= 11 is 0. The Morgan fingerprint density at radius 1 is 1.40 bits per heavy atom. The van der Waals surface area contributed by atoms with Crippen LogP contribution >= 0.6 is 0 Å². The summed E-state index contributed by atoms with van der Waals surface area (Å²) in [7, 11) is 0. The second-order valence-electron chi connectivity index (χ2n) is 3.27. The van der Waals surface area contributed by atoms with Crippen LogP contribution in [0.5, 0.6) is 0 Å². The monoisotopic (exact) mass is 142 g/mol. The normalized spacial score (nSPS) is 23.4. The fourth-order valence-electron chi connectivity index (χ4n) is 1.65. The van der Waals surface area contributed by atoms with Gasteiger partial charge in [-0.1, -0.05) is 19.8 Å². The van der Waals surface area contributed by atoms with E-state index < -0.39 is 0 Å². The molecule has 1 rings (SSSR count). The van der Waals surface area contributed by atoms with Crippen LogP contribution in [0.25, 0.3) is 0 Å². The van der Waals surface area contributed by atoms with E-state index >= 15 is 0 Å². The molecule has 1 heterocycles. The Balaban J connectivity index is 2.13. The highest BCUT2D eigenvalue weighted by Gasteiger charge is 2.15. The lowest BCUT2D eigenvalue weighted by Gasteiger charge is -2.28. The topological polar surface area (TPSA) is 29.3 Å². The van der Waals surface area contributed by atoms with E-state index in [1.807, 2.05) is 5.01 Å². The van der Waals surface area contributed by atoms with Crippen LogP contribution in [0.1, 0.15) is 32.6 Å². The standard InChI is InChI=1S/C8H18N2/c1-2-3-8-4-6-10(9)7-5-8/h8H,2-7,9H2,1H3. The number of nitrogens with zero attached hydrogens (tertiary/aromatic N) is 1. The second-order valence-corrected chi connectivity index (χ2v) is 3.27. The molecule has 0 aromatic carbocycles. The predicted molar refractivity (Wildman–Crippen MR) is 43.4 cm³/mol. The van der Waals surface area contributed by atoms with Gasteiger partial charge in [0.1, 0.15) is 0 Å². The van der Waals surface area contributed by atoms with Crippen molar-refractivity contribution in [3.05, 3.63) is 0 Å². The van der Waals surface area contributed by atoms with Crippen molar-refractivity contribution < 1.29 is 0 Å². The van der Waals surface area contributed by atoms with Crippen LogP contribution in [0, 0.1) is 5.92 Å². The third-order valence-electron chi connectivity index (χ3n) is 2.35. The summed E-state index contributed by atoms with van der Waals surface area (Å²) in [5.74, 6) is 6.59. The minimum Gasteiger partial charge on any atom is -0.269 e. The van der Waals surface area contributed by atoms with Gasteiger partial charge in [-0.25, -0.2) is 5.01 Å². The molecular weight excluding hydrogens is 124 g/mol. The fourth-order valence-corrected chi connectivity index (χ4v) is 1.65. The summed E-state index contributed by atoms with van der Waals surface area (Å²) in [6.45, 7) is 4.46. The highest BCUT2D eigenvalue weighted by Crippen LogP contribution is 2.19. The first-order valence-electron chi connectivity index (χ1n) is 4.32. The largest absolute Gasteiger partial charge is 0.269 e. The maximum Gasteiger partial charge on any atom is 0.0131 e. The molecule has 1 aliphatic rings. The second kappa shape index (κ2) is 3.94. The molecule has 0 radical (unpaired) electrons. The van der Waals surface area contributed by atoms with E-state index in [4.69, 9.17) is 5.84 Å². The maximum atomic E-state index is 5.63. The SMILES string of the molecule is CCCC1CCN(N)CC1. The first-order valence-corrected chi connectivity index (χ1v) is 4.32. The summed E-state index contributed by atoms with van der Waals surface area (Å²) in [5.41, 5.74) is 0. The Bertz CT molecular complexity index is 85.3. The summed E-state index contributed by atoms with van der Waals surface area (Å²) in [6, 6.07) is 0. The highest BCUT2D eigenvalue weighted by molar-refractivity contribution is 4.67. The number of piperidine rings is 1.